The minimum Gasteiger partial charge on any atom is -0.870 e. The van der Waals surface area contributed by atoms with Gasteiger partial charge in [-0.1, -0.05) is 92.2 Å². The van der Waals surface area contributed by atoms with Crippen molar-refractivity contribution in [2.45, 2.75) is 157 Å². The number of benzene rings is 2. The number of rotatable bonds is 20. The van der Waals surface area contributed by atoms with Gasteiger partial charge in [-0.2, -0.15) is 0 Å². The first-order valence-corrected chi connectivity index (χ1v) is 17.4. The highest BCUT2D eigenvalue weighted by Crippen LogP contribution is 2.29. The summed E-state index contributed by atoms with van der Waals surface area (Å²) in [5, 5.41) is 3.42. The van der Waals surface area contributed by atoms with Crippen molar-refractivity contribution in [2.75, 3.05) is 0 Å². The van der Waals surface area contributed by atoms with Gasteiger partial charge in [0.25, 0.3) is 0 Å². The van der Waals surface area contributed by atoms with Gasteiger partial charge in [0.1, 0.15) is 0 Å². The lowest BCUT2D eigenvalue weighted by atomic mass is 9.91. The monoisotopic (exact) mass is 540 g/mol. The number of hydrogen-bond acceptors (Lipinski definition) is 1. The van der Waals surface area contributed by atoms with Crippen LogP contribution in [0.1, 0.15) is 152 Å². The lowest BCUT2D eigenvalue weighted by Gasteiger charge is -2.19. The van der Waals surface area contributed by atoms with Gasteiger partial charge in [0, 0.05) is 0 Å². The molecule has 0 bridgehead atoms. The second kappa shape index (κ2) is 20.7. The van der Waals surface area contributed by atoms with Crippen LogP contribution in [-0.4, -0.2) is 5.48 Å². The highest BCUT2D eigenvalue weighted by molar-refractivity contribution is 7.55. The molecule has 1 N–H and O–H groups in total. The van der Waals surface area contributed by atoms with Crippen LogP contribution < -0.4 is 10.6 Å². The molecule has 2 aromatic rings. The lowest BCUT2D eigenvalue weighted by Crippen LogP contribution is -2.19. The standard InChI is InChI=1S/C36H59P.H2O/c1-7-13-19-29-25-27-35(33(23-17-11-5)31(29)21-15-9-3)37-36-28-26-30(20-14-8-2)32(22-16-10-4)34(36)24-18-12-6;/h25-28,37H,7-24H2,1-6H3;1H2. The van der Waals surface area contributed by atoms with Gasteiger partial charge in [0.05, 0.1) is 19.2 Å². The molecule has 0 atom stereocenters. The Hall–Kier alpha value is -1.17. The van der Waals surface area contributed by atoms with E-state index >= 15 is 0 Å². The van der Waals surface area contributed by atoms with Crippen LogP contribution in [0.15, 0.2) is 24.3 Å². The topological polar surface area (TPSA) is 30.0 Å². The molecule has 0 amide bonds. The molecule has 2 heteroatoms. The maximum atomic E-state index is 2.57. The first kappa shape index (κ1) is 34.9. The summed E-state index contributed by atoms with van der Waals surface area (Å²) < 4.78 is 0. The maximum Gasteiger partial charge on any atom is 0.0976 e. The van der Waals surface area contributed by atoms with Crippen molar-refractivity contribution in [3.8, 4) is 0 Å². The summed E-state index contributed by atoms with van der Waals surface area (Å²) in [7, 11) is 0.145. The Labute approximate surface area is 239 Å². The van der Waals surface area contributed by atoms with E-state index in [1.807, 2.05) is 0 Å². The summed E-state index contributed by atoms with van der Waals surface area (Å²) in [5.41, 5.74) is 10.3. The Bertz CT molecular complexity index is 827. The van der Waals surface area contributed by atoms with Crippen molar-refractivity contribution < 1.29 is 5.48 Å². The normalized spacial score (nSPS) is 11.1. The molecule has 0 spiro atoms. The van der Waals surface area contributed by atoms with E-state index < -0.39 is 0 Å². The summed E-state index contributed by atoms with van der Waals surface area (Å²) in [6.45, 7) is 14.1. The molecule has 38 heavy (non-hydrogen) atoms. The minimum absolute atomic E-state index is 0. The first-order chi connectivity index (χ1) is 18.1. The molecule has 0 unspecified atom stereocenters. The predicted octanol–water partition coefficient (Wildman–Crippen LogP) is 9.93. The van der Waals surface area contributed by atoms with Crippen molar-refractivity contribution >= 4 is 19.2 Å². The van der Waals surface area contributed by atoms with E-state index in [-0.39, 0.29) is 14.1 Å². The summed E-state index contributed by atoms with van der Waals surface area (Å²) in [6, 6.07) is 10.2. The molecule has 0 aliphatic heterocycles. The molecular weight excluding hydrogens is 479 g/mol. The van der Waals surface area contributed by atoms with Crippen LogP contribution in [0.25, 0.3) is 0 Å². The second-order valence-electron chi connectivity index (χ2n) is 11.3. The third-order valence-electron chi connectivity index (χ3n) is 8.16. The van der Waals surface area contributed by atoms with E-state index in [1.165, 1.54) is 116 Å². The van der Waals surface area contributed by atoms with Crippen molar-refractivity contribution in [1.82, 2.24) is 0 Å². The van der Waals surface area contributed by atoms with E-state index in [0.29, 0.717) is 0 Å². The smallest absolute Gasteiger partial charge is 0.0976 e. The fourth-order valence-corrected chi connectivity index (χ4v) is 7.49. The molecule has 2 rings (SSSR count). The summed E-state index contributed by atoms with van der Waals surface area (Å²) in [4.78, 5) is 0. The highest BCUT2D eigenvalue weighted by Gasteiger charge is 2.21. The Morgan fingerprint density at radius 3 is 1.00 bits per heavy atom. The summed E-state index contributed by atoms with van der Waals surface area (Å²) in [5.74, 6) is 0. The van der Waals surface area contributed by atoms with Gasteiger partial charge in [0.15, 0.2) is 0 Å². The van der Waals surface area contributed by atoms with Crippen LogP contribution in [0, 0.1) is 0 Å². The molecule has 1 nitrogen and oxygen atoms in total. The van der Waals surface area contributed by atoms with Crippen LogP contribution in [0.2, 0.25) is 0 Å². The van der Waals surface area contributed by atoms with Gasteiger partial charge in [-0.05, 0) is 123 Å². The zero-order chi connectivity index (χ0) is 26.9. The molecule has 2 aromatic carbocycles. The van der Waals surface area contributed by atoms with E-state index in [1.54, 1.807) is 44.0 Å². The quantitative estimate of drug-likeness (QED) is 0.154. The molecule has 0 fully saturated rings. The van der Waals surface area contributed by atoms with Crippen LogP contribution >= 0.6 is 8.58 Å². The molecule has 0 radical (unpaired) electrons. The Balaban J connectivity index is 0.00000722. The molecule has 0 heterocycles. The van der Waals surface area contributed by atoms with E-state index in [2.05, 4.69) is 65.8 Å². The number of hydrogen-bond donors (Lipinski definition) is 0. The summed E-state index contributed by atoms with van der Waals surface area (Å²) >= 11 is 0. The van der Waals surface area contributed by atoms with Crippen molar-refractivity contribution in [1.29, 1.82) is 0 Å². The molecule has 0 saturated carbocycles. The van der Waals surface area contributed by atoms with Crippen LogP contribution in [-0.2, 0) is 38.5 Å². The average molecular weight is 541 g/mol. The number of unbranched alkanes of at least 4 members (excludes halogenated alkanes) is 6. The van der Waals surface area contributed by atoms with E-state index in [4.69, 9.17) is 0 Å². The highest BCUT2D eigenvalue weighted by atomic mass is 31.1. The molecule has 0 aliphatic rings. The Kier molecular flexibility index (Phi) is 19.0. The maximum absolute atomic E-state index is 2.57. The Morgan fingerprint density at radius 2 is 0.684 bits per heavy atom. The zero-order valence-corrected chi connectivity index (χ0v) is 27.2. The van der Waals surface area contributed by atoms with Gasteiger partial charge in [-0.25, -0.2) is 0 Å². The molecule has 216 valence electrons. The fourth-order valence-electron chi connectivity index (χ4n) is 5.79. The van der Waals surface area contributed by atoms with Gasteiger partial charge in [-0.3, -0.25) is 0 Å². The van der Waals surface area contributed by atoms with Crippen molar-refractivity contribution in [3.63, 3.8) is 0 Å². The van der Waals surface area contributed by atoms with Crippen molar-refractivity contribution in [3.05, 3.63) is 57.6 Å². The third-order valence-corrected chi connectivity index (χ3v) is 9.86. The van der Waals surface area contributed by atoms with Crippen LogP contribution in [0.5, 0.6) is 0 Å². The number of aryl methyl sites for hydroxylation is 2. The van der Waals surface area contributed by atoms with Gasteiger partial charge in [0.2, 0.25) is 0 Å². The van der Waals surface area contributed by atoms with Gasteiger partial charge < -0.3 is 5.48 Å². The minimum atomic E-state index is 0. The molecule has 0 aromatic heterocycles. The summed E-state index contributed by atoms with van der Waals surface area (Å²) in [6.07, 6.45) is 23.3. The third kappa shape index (κ3) is 10.8. The second-order valence-corrected chi connectivity index (χ2v) is 12.8. The predicted molar refractivity (Wildman–Crippen MR) is 175 cm³/mol. The van der Waals surface area contributed by atoms with Crippen LogP contribution in [0.3, 0.4) is 0 Å². The zero-order valence-electron chi connectivity index (χ0n) is 26.1. The first-order valence-electron chi connectivity index (χ1n) is 16.3. The fraction of sp³-hybridized carbons (Fsp3) is 0.667. The van der Waals surface area contributed by atoms with Gasteiger partial charge in [-0.15, -0.1) is 0 Å². The molecular formula is C36H61OP. The lowest BCUT2D eigenvalue weighted by molar-refractivity contribution is 0.736. The SMILES string of the molecule is CCCCc1ccc([PH2+]c2ccc(CCCC)c(CCCC)c2CCCC)c(CCCC)c1CCCC.[OH-]. The Morgan fingerprint density at radius 1 is 0.395 bits per heavy atom. The van der Waals surface area contributed by atoms with E-state index in [9.17, 15) is 0 Å². The average Bonchev–Trinajstić information content (AvgIpc) is 2.92. The largest absolute Gasteiger partial charge is 0.870 e. The van der Waals surface area contributed by atoms with E-state index in [0.717, 1.165) is 0 Å². The molecule has 0 saturated heterocycles. The van der Waals surface area contributed by atoms with Crippen LogP contribution in [0.4, 0.5) is 0 Å². The van der Waals surface area contributed by atoms with Gasteiger partial charge >= 0.3 is 0 Å². The molecule has 0 aliphatic carbocycles. The van der Waals surface area contributed by atoms with Crippen molar-refractivity contribution in [2.24, 2.45) is 0 Å².